The highest BCUT2D eigenvalue weighted by Gasteiger charge is 2.54. The summed E-state index contributed by atoms with van der Waals surface area (Å²) in [6, 6.07) is 11.2. The molecule has 0 amide bonds. The minimum absolute atomic E-state index is 0.146. The van der Waals surface area contributed by atoms with Crippen molar-refractivity contribution >= 4 is 34.0 Å². The van der Waals surface area contributed by atoms with Crippen LogP contribution in [0.25, 0.3) is 0 Å². The fraction of sp³-hybridized carbons (Fsp3) is 0.964. The van der Waals surface area contributed by atoms with Gasteiger partial charge in [0, 0.05) is 0 Å². The van der Waals surface area contributed by atoms with E-state index in [9.17, 15) is 5.11 Å². The van der Waals surface area contributed by atoms with Crippen molar-refractivity contribution in [2.75, 3.05) is 19.8 Å². The second-order valence-electron chi connectivity index (χ2n) is 11.0. The Bertz CT molecular complexity index is 696. The molecular weight excluding hydrogens is 578 g/mol. The predicted octanol–water partition coefficient (Wildman–Crippen LogP) is 7.37. The molecule has 12 heteroatoms. The first kappa shape index (κ1) is 38.3. The Labute approximate surface area is 250 Å². The molecule has 0 bridgehead atoms. The van der Waals surface area contributed by atoms with E-state index in [1.807, 2.05) is 0 Å². The molecule has 0 spiro atoms. The lowest BCUT2D eigenvalue weighted by Crippen LogP contribution is -2.67. The van der Waals surface area contributed by atoms with Gasteiger partial charge in [0.2, 0.25) is 0 Å². The number of rotatable bonds is 22. The van der Waals surface area contributed by atoms with Crippen molar-refractivity contribution < 1.29 is 32.2 Å². The van der Waals surface area contributed by atoms with Crippen molar-refractivity contribution in [3.05, 3.63) is 0 Å². The van der Waals surface area contributed by atoms with Gasteiger partial charge in [-0.25, -0.2) is 0 Å². The first-order chi connectivity index (χ1) is 19.2. The molecular formula is C28H60NO7PSi3. The molecule has 1 aliphatic heterocycles. The van der Waals surface area contributed by atoms with Gasteiger partial charge in [-0.3, -0.25) is 0 Å². The van der Waals surface area contributed by atoms with E-state index in [0.717, 1.165) is 54.4 Å². The Hall–Kier alpha value is 0.291. The van der Waals surface area contributed by atoms with E-state index >= 15 is 0 Å². The average Bonchev–Trinajstić information content (AvgIpc) is 3.00. The highest BCUT2D eigenvalue weighted by molar-refractivity contribution is 7.26. The van der Waals surface area contributed by atoms with Crippen LogP contribution in [0.1, 0.15) is 68.7 Å². The second-order valence-corrected chi connectivity index (χ2v) is 25.9. The molecule has 40 heavy (non-hydrogen) atoms. The summed E-state index contributed by atoms with van der Waals surface area (Å²) < 4.78 is 39.9. The summed E-state index contributed by atoms with van der Waals surface area (Å²) in [5, 5.41) is 19.4. The van der Waals surface area contributed by atoms with Gasteiger partial charge in [0.1, 0.15) is 30.5 Å². The first-order valence-electron chi connectivity index (χ1n) is 15.9. The SMILES string of the molecule is CC[Si](CC)(CC)O[C@@H]1[C@H](O[Si](CC)(CC)CC)[C@@H](O[Si](CC)(CC)CC)C(COPOCCC#N)O[C@@H]1CO. The maximum Gasteiger partial charge on any atom is 0.192 e. The van der Waals surface area contributed by atoms with E-state index < -0.39 is 37.2 Å². The zero-order valence-electron chi connectivity index (χ0n) is 26.9. The summed E-state index contributed by atoms with van der Waals surface area (Å²) >= 11 is 0. The summed E-state index contributed by atoms with van der Waals surface area (Å²) in [5.74, 6) is 0. The summed E-state index contributed by atoms with van der Waals surface area (Å²) in [6.45, 7) is 20.6. The van der Waals surface area contributed by atoms with Gasteiger partial charge in [-0.1, -0.05) is 62.3 Å². The second kappa shape index (κ2) is 19.5. The molecule has 8 nitrogen and oxygen atoms in total. The van der Waals surface area contributed by atoms with Crippen molar-refractivity contribution in [3.8, 4) is 6.07 Å². The van der Waals surface area contributed by atoms with Gasteiger partial charge in [0.15, 0.2) is 34.0 Å². The van der Waals surface area contributed by atoms with E-state index in [1.54, 1.807) is 0 Å². The molecule has 2 unspecified atom stereocenters. The smallest absolute Gasteiger partial charge is 0.192 e. The van der Waals surface area contributed by atoms with Gasteiger partial charge < -0.3 is 32.2 Å². The van der Waals surface area contributed by atoms with Gasteiger partial charge in [0.25, 0.3) is 0 Å². The first-order valence-corrected chi connectivity index (χ1v) is 24.3. The average molecular weight is 638 g/mol. The molecule has 1 saturated heterocycles. The van der Waals surface area contributed by atoms with Crippen LogP contribution in [0, 0.1) is 11.3 Å². The Morgan fingerprint density at radius 2 is 1.05 bits per heavy atom. The van der Waals surface area contributed by atoms with Crippen LogP contribution in [0.15, 0.2) is 0 Å². The molecule has 6 atom stereocenters. The van der Waals surface area contributed by atoms with Crippen LogP contribution in [0.3, 0.4) is 0 Å². The van der Waals surface area contributed by atoms with E-state index in [4.69, 9.17) is 32.3 Å². The lowest BCUT2D eigenvalue weighted by atomic mass is 9.95. The van der Waals surface area contributed by atoms with Crippen molar-refractivity contribution in [2.45, 2.75) is 154 Å². The van der Waals surface area contributed by atoms with Gasteiger partial charge in [-0.15, -0.1) is 0 Å². The van der Waals surface area contributed by atoms with Gasteiger partial charge in [-0.2, -0.15) is 5.26 Å². The Morgan fingerprint density at radius 3 is 1.43 bits per heavy atom. The molecule has 1 N–H and O–H groups in total. The number of aliphatic hydroxyl groups excluding tert-OH is 1. The number of hydrogen-bond donors (Lipinski definition) is 1. The van der Waals surface area contributed by atoms with Crippen molar-refractivity contribution in [2.24, 2.45) is 0 Å². The molecule has 1 heterocycles. The third kappa shape index (κ3) is 10.2. The summed E-state index contributed by atoms with van der Waals surface area (Å²) in [4.78, 5) is 0. The van der Waals surface area contributed by atoms with Crippen molar-refractivity contribution in [1.82, 2.24) is 0 Å². The Balaban J connectivity index is 3.62. The minimum Gasteiger partial charge on any atom is -0.409 e. The number of hydrogen-bond acceptors (Lipinski definition) is 8. The molecule has 0 radical (unpaired) electrons. The minimum atomic E-state index is -2.09. The van der Waals surface area contributed by atoms with Crippen LogP contribution in [-0.2, 0) is 27.1 Å². The molecule has 1 rings (SSSR count). The molecule has 0 aliphatic carbocycles. The Kier molecular flexibility index (Phi) is 18.7. The van der Waals surface area contributed by atoms with Crippen LogP contribution in [-0.4, -0.2) is 80.4 Å². The maximum absolute atomic E-state index is 10.6. The summed E-state index contributed by atoms with van der Waals surface area (Å²) in [6.07, 6.45) is -1.67. The highest BCUT2D eigenvalue weighted by atomic mass is 31.1. The zero-order chi connectivity index (χ0) is 30.2. The van der Waals surface area contributed by atoms with Crippen LogP contribution in [0.5, 0.6) is 0 Å². The normalized spacial score (nSPS) is 24.6. The van der Waals surface area contributed by atoms with Crippen molar-refractivity contribution in [1.29, 1.82) is 5.26 Å². The van der Waals surface area contributed by atoms with E-state index in [-0.39, 0.29) is 40.6 Å². The third-order valence-electron chi connectivity index (χ3n) is 9.55. The highest BCUT2D eigenvalue weighted by Crippen LogP contribution is 2.39. The van der Waals surface area contributed by atoms with Gasteiger partial charge in [0.05, 0.1) is 32.3 Å². The van der Waals surface area contributed by atoms with Crippen molar-refractivity contribution in [3.63, 3.8) is 0 Å². The van der Waals surface area contributed by atoms with Crippen LogP contribution >= 0.6 is 9.03 Å². The largest absolute Gasteiger partial charge is 0.409 e. The van der Waals surface area contributed by atoms with Gasteiger partial charge >= 0.3 is 0 Å². The fourth-order valence-electron chi connectivity index (χ4n) is 5.85. The predicted molar refractivity (Wildman–Crippen MR) is 172 cm³/mol. The Morgan fingerprint density at radius 1 is 0.650 bits per heavy atom. The lowest BCUT2D eigenvalue weighted by Gasteiger charge is -2.52. The quantitative estimate of drug-likeness (QED) is 0.0746. The molecule has 0 aromatic carbocycles. The standard InChI is InChI=1S/C28H60NO7PSi3/c1-10-38(11-2,12-3)34-26-24(22-30)33-25(23-32-37-31-21-19-20-29)27(35-39(13-4,14-5)15-6)28(26)36-40(16-7,17-8)18-9/h24-28,30,37H,10-19,21-23H2,1-9H3/t24-,25?,26+,27+,28+/m1/s1. The summed E-state index contributed by atoms with van der Waals surface area (Å²) in [7, 11) is -6.42. The van der Waals surface area contributed by atoms with E-state index in [2.05, 4.69) is 68.4 Å². The molecule has 236 valence electrons. The van der Waals surface area contributed by atoms with Gasteiger partial charge in [-0.05, 0) is 54.4 Å². The molecule has 0 aromatic heterocycles. The maximum atomic E-state index is 10.6. The lowest BCUT2D eigenvalue weighted by molar-refractivity contribution is -0.221. The monoisotopic (exact) mass is 637 g/mol. The number of aliphatic hydroxyl groups is 1. The fourth-order valence-corrected chi connectivity index (χ4v) is 14.9. The molecule has 1 aliphatic rings. The van der Waals surface area contributed by atoms with E-state index in [0.29, 0.717) is 13.0 Å². The zero-order valence-corrected chi connectivity index (χ0v) is 30.9. The topological polar surface area (TPSA) is 99.4 Å². The molecule has 0 aromatic rings. The summed E-state index contributed by atoms with van der Waals surface area (Å²) in [5.41, 5.74) is 0. The molecule has 1 fully saturated rings. The van der Waals surface area contributed by atoms with Crippen LogP contribution in [0.2, 0.25) is 54.4 Å². The number of nitriles is 1. The van der Waals surface area contributed by atoms with Crippen LogP contribution < -0.4 is 0 Å². The number of nitrogens with zero attached hydrogens (tertiary/aromatic N) is 1. The van der Waals surface area contributed by atoms with E-state index in [1.165, 1.54) is 0 Å². The third-order valence-corrected chi connectivity index (χ3v) is 24.1. The number of ether oxygens (including phenoxy) is 1. The molecule has 0 saturated carbocycles. The van der Waals surface area contributed by atoms with Crippen LogP contribution in [0.4, 0.5) is 0 Å².